The van der Waals surface area contributed by atoms with Gasteiger partial charge in [-0.2, -0.15) is 4.99 Å². The highest BCUT2D eigenvalue weighted by molar-refractivity contribution is 9.10. The Bertz CT molecular complexity index is 1190. The molecule has 0 aliphatic carbocycles. The summed E-state index contributed by atoms with van der Waals surface area (Å²) in [5.41, 5.74) is 0.601. The zero-order valence-corrected chi connectivity index (χ0v) is 17.4. The summed E-state index contributed by atoms with van der Waals surface area (Å²) in [7, 11) is 1.24. The van der Waals surface area contributed by atoms with Gasteiger partial charge in [0.15, 0.2) is 4.80 Å². The van der Waals surface area contributed by atoms with Gasteiger partial charge in [-0.15, -0.1) is 0 Å². The summed E-state index contributed by atoms with van der Waals surface area (Å²) in [5, 5.41) is 11.3. The highest BCUT2D eigenvalue weighted by Crippen LogP contribution is 2.24. The van der Waals surface area contributed by atoms with E-state index in [0.29, 0.717) is 14.7 Å². The molecule has 1 amide bonds. The van der Waals surface area contributed by atoms with Gasteiger partial charge in [0.2, 0.25) is 0 Å². The van der Waals surface area contributed by atoms with Crippen LogP contribution in [0.1, 0.15) is 10.4 Å². The van der Waals surface area contributed by atoms with Crippen LogP contribution >= 0.6 is 38.9 Å². The Balaban J connectivity index is 2.19. The van der Waals surface area contributed by atoms with Crippen LogP contribution in [0.5, 0.6) is 0 Å². The van der Waals surface area contributed by atoms with Crippen molar-refractivity contribution < 1.29 is 19.2 Å². The van der Waals surface area contributed by atoms with E-state index >= 15 is 0 Å². The van der Waals surface area contributed by atoms with E-state index in [9.17, 15) is 19.7 Å². The van der Waals surface area contributed by atoms with Gasteiger partial charge in [-0.25, -0.2) is 0 Å². The third kappa shape index (κ3) is 4.13. The van der Waals surface area contributed by atoms with Gasteiger partial charge < -0.3 is 9.30 Å². The van der Waals surface area contributed by atoms with Crippen molar-refractivity contribution in [2.24, 2.45) is 4.99 Å². The maximum absolute atomic E-state index is 12.6. The maximum atomic E-state index is 12.6. The number of aromatic nitrogens is 1. The molecule has 0 saturated heterocycles. The fourth-order valence-corrected chi connectivity index (χ4v) is 4.04. The number of ether oxygens (including phenoxy) is 1. The fraction of sp³-hybridized carbons (Fsp3) is 0.118. The highest BCUT2D eigenvalue weighted by Gasteiger charge is 2.16. The quantitative estimate of drug-likeness (QED) is 0.317. The number of benzene rings is 2. The smallest absolute Gasteiger partial charge is 0.325 e. The summed E-state index contributed by atoms with van der Waals surface area (Å²) in [6.45, 7) is -0.202. The number of nitro benzene ring substituents is 1. The molecule has 11 heteroatoms. The van der Waals surface area contributed by atoms with Gasteiger partial charge >= 0.3 is 5.97 Å². The third-order valence-electron chi connectivity index (χ3n) is 3.75. The number of fused-ring (bicyclic) bond motifs is 1. The second kappa shape index (κ2) is 8.21. The lowest BCUT2D eigenvalue weighted by Crippen LogP contribution is -2.22. The number of hydrogen-bond acceptors (Lipinski definition) is 6. The number of carbonyl (C=O) groups excluding carboxylic acids is 2. The Labute approximate surface area is 175 Å². The first-order valence-corrected chi connectivity index (χ1v) is 9.67. The van der Waals surface area contributed by atoms with E-state index in [2.05, 4.69) is 20.9 Å². The Morgan fingerprint density at radius 2 is 2.07 bits per heavy atom. The molecule has 0 saturated carbocycles. The Morgan fingerprint density at radius 1 is 1.32 bits per heavy atom. The van der Waals surface area contributed by atoms with E-state index in [1.54, 1.807) is 12.1 Å². The minimum absolute atomic E-state index is 0.105. The molecule has 0 bridgehead atoms. The van der Waals surface area contributed by atoms with Crippen LogP contribution in [0.4, 0.5) is 5.69 Å². The molecule has 28 heavy (non-hydrogen) atoms. The van der Waals surface area contributed by atoms with Crippen LogP contribution in [-0.4, -0.2) is 28.5 Å². The molecular weight excluding hydrogens is 474 g/mol. The molecule has 0 radical (unpaired) electrons. The van der Waals surface area contributed by atoms with Crippen molar-refractivity contribution in [3.8, 4) is 0 Å². The van der Waals surface area contributed by atoms with Gasteiger partial charge in [0.05, 0.1) is 32.8 Å². The Kier molecular flexibility index (Phi) is 5.92. The molecule has 0 unspecified atom stereocenters. The molecule has 0 spiro atoms. The number of thiazole rings is 1. The van der Waals surface area contributed by atoms with Crippen molar-refractivity contribution in [2.75, 3.05) is 7.11 Å². The van der Waals surface area contributed by atoms with E-state index in [1.807, 2.05) is 0 Å². The van der Waals surface area contributed by atoms with Gasteiger partial charge in [0, 0.05) is 16.6 Å². The van der Waals surface area contributed by atoms with Crippen LogP contribution in [0.25, 0.3) is 10.2 Å². The summed E-state index contributed by atoms with van der Waals surface area (Å²) >= 11 is 10.4. The third-order valence-corrected chi connectivity index (χ3v) is 5.61. The molecule has 0 aliphatic rings. The van der Waals surface area contributed by atoms with Crippen LogP contribution in [0.2, 0.25) is 5.02 Å². The normalized spacial score (nSPS) is 11.6. The van der Waals surface area contributed by atoms with Gasteiger partial charge in [0.1, 0.15) is 6.54 Å². The number of amides is 1. The maximum Gasteiger partial charge on any atom is 0.325 e. The summed E-state index contributed by atoms with van der Waals surface area (Å²) in [4.78, 5) is 39.2. The highest BCUT2D eigenvalue weighted by atomic mass is 79.9. The molecule has 1 aromatic heterocycles. The number of hydrogen-bond donors (Lipinski definition) is 0. The van der Waals surface area contributed by atoms with Gasteiger partial charge in [-0.3, -0.25) is 19.7 Å². The van der Waals surface area contributed by atoms with E-state index in [1.165, 1.54) is 35.9 Å². The van der Waals surface area contributed by atoms with Crippen molar-refractivity contribution in [3.63, 3.8) is 0 Å². The van der Waals surface area contributed by atoms with E-state index in [-0.39, 0.29) is 27.6 Å². The number of methoxy groups -OCH3 is 1. The average Bonchev–Trinajstić information content (AvgIpc) is 2.99. The van der Waals surface area contributed by atoms with Gasteiger partial charge in [-0.05, 0) is 24.3 Å². The van der Waals surface area contributed by atoms with Crippen LogP contribution in [-0.2, 0) is 16.1 Å². The molecule has 0 aliphatic heterocycles. The predicted molar refractivity (Wildman–Crippen MR) is 108 cm³/mol. The number of rotatable bonds is 4. The zero-order valence-electron chi connectivity index (χ0n) is 14.2. The lowest BCUT2D eigenvalue weighted by molar-refractivity contribution is -0.384. The summed E-state index contributed by atoms with van der Waals surface area (Å²) in [6, 6.07) is 8.97. The largest absolute Gasteiger partial charge is 0.468 e. The average molecular weight is 485 g/mol. The standard InChI is InChI=1S/C17H11BrClN3O5S/c1-27-15(23)8-21-13-5-3-10(22(25)26)7-14(13)28-17(21)20-16(24)11-6-9(18)2-4-12(11)19/h2-7H,8H2,1H3. The fourth-order valence-electron chi connectivity index (χ4n) is 2.42. The summed E-state index contributed by atoms with van der Waals surface area (Å²) in [5.74, 6) is -1.15. The Morgan fingerprint density at radius 3 is 2.75 bits per heavy atom. The number of nitrogens with zero attached hydrogens (tertiary/aromatic N) is 3. The molecule has 0 atom stereocenters. The van der Waals surface area contributed by atoms with Crippen LogP contribution < -0.4 is 4.80 Å². The van der Waals surface area contributed by atoms with Crippen molar-refractivity contribution in [3.05, 3.63) is 66.4 Å². The number of halogens is 2. The molecule has 3 rings (SSSR count). The number of esters is 1. The van der Waals surface area contributed by atoms with E-state index < -0.39 is 16.8 Å². The van der Waals surface area contributed by atoms with Crippen LogP contribution in [0.3, 0.4) is 0 Å². The number of non-ortho nitro benzene ring substituents is 1. The van der Waals surface area contributed by atoms with Crippen molar-refractivity contribution in [1.29, 1.82) is 0 Å². The topological polar surface area (TPSA) is 104 Å². The van der Waals surface area contributed by atoms with E-state index in [4.69, 9.17) is 16.3 Å². The van der Waals surface area contributed by atoms with Crippen LogP contribution in [0.15, 0.2) is 45.9 Å². The first kappa shape index (κ1) is 20.2. The molecule has 8 nitrogen and oxygen atoms in total. The molecule has 1 heterocycles. The number of nitro groups is 1. The molecule has 0 N–H and O–H groups in total. The second-order valence-electron chi connectivity index (χ2n) is 5.50. The van der Waals surface area contributed by atoms with Crippen molar-refractivity contribution in [1.82, 2.24) is 4.57 Å². The van der Waals surface area contributed by atoms with Crippen molar-refractivity contribution >= 4 is 66.6 Å². The molecule has 2 aromatic carbocycles. The minimum Gasteiger partial charge on any atom is -0.468 e. The SMILES string of the molecule is COC(=O)Cn1c(=NC(=O)c2cc(Br)ccc2Cl)sc2cc([N+](=O)[O-])ccc21. The van der Waals surface area contributed by atoms with Crippen LogP contribution in [0, 0.1) is 10.1 Å². The molecule has 144 valence electrons. The lowest BCUT2D eigenvalue weighted by Gasteiger charge is -2.04. The summed E-state index contributed by atoms with van der Waals surface area (Å²) in [6.07, 6.45) is 0. The molecule has 0 fully saturated rings. The van der Waals surface area contributed by atoms with Crippen molar-refractivity contribution in [2.45, 2.75) is 6.54 Å². The van der Waals surface area contributed by atoms with E-state index in [0.717, 1.165) is 11.3 Å². The number of carbonyl (C=O) groups is 2. The monoisotopic (exact) mass is 483 g/mol. The molecular formula is C17H11BrClN3O5S. The first-order chi connectivity index (χ1) is 13.3. The van der Waals surface area contributed by atoms with Gasteiger partial charge in [-0.1, -0.05) is 38.9 Å². The second-order valence-corrected chi connectivity index (χ2v) is 7.83. The first-order valence-electron chi connectivity index (χ1n) is 7.69. The van der Waals surface area contributed by atoms with Gasteiger partial charge in [0.25, 0.3) is 11.6 Å². The summed E-state index contributed by atoms with van der Waals surface area (Å²) < 4.78 is 7.33. The minimum atomic E-state index is -0.606. The molecule has 3 aromatic rings. The lowest BCUT2D eigenvalue weighted by atomic mass is 10.2. The Hall–Kier alpha value is -2.56. The zero-order chi connectivity index (χ0) is 20.4. The predicted octanol–water partition coefficient (Wildman–Crippen LogP) is 3.94.